The summed E-state index contributed by atoms with van der Waals surface area (Å²) in [7, 11) is -5.06. The summed E-state index contributed by atoms with van der Waals surface area (Å²) in [5.74, 6) is -2.92. The van der Waals surface area contributed by atoms with Crippen molar-refractivity contribution in [2.75, 3.05) is 12.3 Å². The zero-order valence-corrected chi connectivity index (χ0v) is 22.3. The maximum atomic E-state index is 12.7. The van der Waals surface area contributed by atoms with Gasteiger partial charge in [-0.25, -0.2) is 9.36 Å². The van der Waals surface area contributed by atoms with E-state index in [4.69, 9.17) is 36.9 Å². The molecule has 0 bridgehead atoms. The van der Waals surface area contributed by atoms with Crippen molar-refractivity contribution >= 4 is 42.5 Å². The molecule has 4 rings (SSSR count). The first-order valence-electron chi connectivity index (χ1n) is 11.5. The van der Waals surface area contributed by atoms with Crippen LogP contribution in [-0.2, 0) is 31.6 Å². The van der Waals surface area contributed by atoms with Gasteiger partial charge in [-0.15, -0.1) is 0 Å². The predicted molar refractivity (Wildman–Crippen MR) is 130 cm³/mol. The first kappa shape index (κ1) is 32.4. The van der Waals surface area contributed by atoms with Crippen LogP contribution in [0.5, 0.6) is 0 Å². The number of halogens is 4. The number of nitrogens with two attached hydrogens (primary N) is 1. The number of nitrogens with zero attached hydrogens (tertiary/aromatic N) is 3. The van der Waals surface area contributed by atoms with Crippen molar-refractivity contribution in [3.63, 3.8) is 0 Å². The number of aryl methyl sites for hydroxylation is 2. The molecular formula is C21H24ClF3N5O10P. The Bertz CT molecular complexity index is 1480. The number of aliphatic hydroxyl groups excluding tert-OH is 2. The molecule has 1 saturated heterocycles. The van der Waals surface area contributed by atoms with Crippen molar-refractivity contribution < 1.29 is 61.5 Å². The number of alkyl halides is 3. The van der Waals surface area contributed by atoms with Gasteiger partial charge in [0.25, 0.3) is 19.3 Å². The van der Waals surface area contributed by atoms with Crippen molar-refractivity contribution in [1.29, 1.82) is 0 Å². The van der Waals surface area contributed by atoms with Gasteiger partial charge >= 0.3 is 17.8 Å². The number of aliphatic hydroxyl groups is 2. The highest BCUT2D eigenvalue weighted by Gasteiger charge is 2.47. The average molecular weight is 630 g/mol. The molecule has 15 nitrogen and oxygen atoms in total. The number of H-pyrrole nitrogens is 1. The Labute approximate surface area is 232 Å². The lowest BCUT2D eigenvalue weighted by molar-refractivity contribution is -0.746. The molecule has 20 heteroatoms. The van der Waals surface area contributed by atoms with Crippen LogP contribution in [-0.4, -0.2) is 71.8 Å². The number of aromatic nitrogens is 4. The van der Waals surface area contributed by atoms with Crippen molar-refractivity contribution in [2.24, 2.45) is 0 Å². The summed E-state index contributed by atoms with van der Waals surface area (Å²) in [6.07, 6.45) is -7.79. The Hall–Kier alpha value is -3.09. The van der Waals surface area contributed by atoms with E-state index in [1.165, 1.54) is 10.9 Å². The van der Waals surface area contributed by atoms with Gasteiger partial charge in [0.05, 0.1) is 13.2 Å². The van der Waals surface area contributed by atoms with Gasteiger partial charge in [-0.05, 0) is 30.5 Å². The summed E-state index contributed by atoms with van der Waals surface area (Å²) in [5.41, 5.74) is 6.54. The predicted octanol–water partition coefficient (Wildman–Crippen LogP) is -0.390. The number of fused-ring (bicyclic) bond motifs is 1. The van der Waals surface area contributed by atoms with E-state index in [9.17, 15) is 37.6 Å². The molecule has 1 aliphatic heterocycles. The van der Waals surface area contributed by atoms with Gasteiger partial charge in [0.1, 0.15) is 18.3 Å². The van der Waals surface area contributed by atoms with Crippen LogP contribution in [0.1, 0.15) is 18.2 Å². The average Bonchev–Trinajstić information content (AvgIpc) is 3.35. The summed E-state index contributed by atoms with van der Waals surface area (Å²) >= 11 is 5.91. The van der Waals surface area contributed by atoms with Crippen LogP contribution in [0.15, 0.2) is 35.4 Å². The fourth-order valence-corrected chi connectivity index (χ4v) is 4.36. The number of aromatic amines is 1. The molecule has 0 saturated carbocycles. The number of phosphoric acid groups is 1. The normalized spacial score (nSPS) is 22.2. The van der Waals surface area contributed by atoms with Crippen molar-refractivity contribution in [3.05, 3.63) is 51.5 Å². The second kappa shape index (κ2) is 12.8. The second-order valence-electron chi connectivity index (χ2n) is 8.68. The van der Waals surface area contributed by atoms with E-state index >= 15 is 0 Å². The number of hydrogen-bond donors (Lipinski definition) is 6. The maximum Gasteiger partial charge on any atom is 0.490 e. The SMILES string of the molecule is Nc1nc2c(c(=O)[nH]1)n(CCCc1ccc(Cl)cc1)c[n+]2[C@@H]1O[C@H](COP(=O)([O-])O)[C@@H](O)[C@H]1O.O=C(O)C(F)(F)F. The number of rotatable bonds is 8. The number of anilines is 1. The second-order valence-corrected chi connectivity index (χ2v) is 10.3. The third kappa shape index (κ3) is 8.46. The molecule has 3 heterocycles. The standard InChI is InChI=1S/C19H23ClN5O8P.C2HF3O2/c20-11-5-3-10(4-6-11)2-1-7-24-9-25(16-13(24)17(28)23-19(21)22-16)18-15(27)14(26)12(33-18)8-32-34(29,30)31;3-2(4,5)1(6)7/h3-6,9,12,14-15,18,26-27H,1-2,7-8H2,(H4-,21,22,23,28,29,30,31);(H,6,7)/t12-,14-,15-,18-;/m1./s1. The lowest BCUT2D eigenvalue weighted by atomic mass is 10.1. The Morgan fingerprint density at radius 2 is 1.90 bits per heavy atom. The third-order valence-electron chi connectivity index (χ3n) is 5.72. The number of imidazole rings is 1. The fraction of sp³-hybridized carbons (Fsp3) is 0.429. The van der Waals surface area contributed by atoms with Crippen molar-refractivity contribution in [1.82, 2.24) is 14.5 Å². The topological polar surface area (TPSA) is 237 Å². The molecule has 1 aromatic carbocycles. The van der Waals surface area contributed by atoms with Gasteiger partial charge in [-0.2, -0.15) is 13.2 Å². The monoisotopic (exact) mass is 629 g/mol. The van der Waals surface area contributed by atoms with Crippen LogP contribution >= 0.6 is 19.4 Å². The van der Waals surface area contributed by atoms with Gasteiger partial charge in [0.15, 0.2) is 6.33 Å². The van der Waals surface area contributed by atoms with E-state index < -0.39 is 56.7 Å². The number of benzene rings is 1. The highest BCUT2D eigenvalue weighted by Crippen LogP contribution is 2.34. The van der Waals surface area contributed by atoms with E-state index in [1.54, 1.807) is 16.7 Å². The molecule has 1 aliphatic rings. The van der Waals surface area contributed by atoms with Crippen molar-refractivity contribution in [3.8, 4) is 0 Å². The summed E-state index contributed by atoms with van der Waals surface area (Å²) in [6.45, 7) is -0.314. The molecule has 0 spiro atoms. The largest absolute Gasteiger partial charge is 0.756 e. The summed E-state index contributed by atoms with van der Waals surface area (Å²) < 4.78 is 55.5. The van der Waals surface area contributed by atoms with Crippen LogP contribution in [0.25, 0.3) is 11.2 Å². The highest BCUT2D eigenvalue weighted by molar-refractivity contribution is 7.44. The summed E-state index contributed by atoms with van der Waals surface area (Å²) in [4.78, 5) is 47.8. The van der Waals surface area contributed by atoms with Crippen LogP contribution in [0.3, 0.4) is 0 Å². The number of aliphatic carboxylic acids is 1. The minimum absolute atomic E-state index is 0.0993. The Morgan fingerprint density at radius 3 is 2.46 bits per heavy atom. The molecule has 3 aromatic rings. The minimum Gasteiger partial charge on any atom is -0.756 e. The van der Waals surface area contributed by atoms with E-state index in [-0.39, 0.29) is 17.1 Å². The van der Waals surface area contributed by atoms with Gasteiger partial charge in [0.2, 0.25) is 11.7 Å². The van der Waals surface area contributed by atoms with E-state index in [0.29, 0.717) is 24.4 Å². The van der Waals surface area contributed by atoms with E-state index in [0.717, 1.165) is 5.56 Å². The molecule has 1 fully saturated rings. The van der Waals surface area contributed by atoms with E-state index in [1.807, 2.05) is 12.1 Å². The molecule has 0 aliphatic carbocycles. The molecule has 1 unspecified atom stereocenters. The minimum atomic E-state index is -5.08. The molecule has 7 N–H and O–H groups in total. The third-order valence-corrected chi connectivity index (χ3v) is 6.45. The van der Waals surface area contributed by atoms with Crippen LogP contribution < -0.4 is 20.8 Å². The van der Waals surface area contributed by atoms with Crippen LogP contribution in [0.2, 0.25) is 5.02 Å². The summed E-state index contributed by atoms with van der Waals surface area (Å²) in [6, 6.07) is 7.40. The highest BCUT2D eigenvalue weighted by atomic mass is 35.5. The smallest absolute Gasteiger partial charge is 0.490 e. The van der Waals surface area contributed by atoms with Gasteiger partial charge in [0, 0.05) is 5.02 Å². The first-order chi connectivity index (χ1) is 19.0. The molecule has 0 radical (unpaired) electrons. The molecule has 226 valence electrons. The molecular weight excluding hydrogens is 606 g/mol. The number of nitrogen functional groups attached to an aromatic ring is 1. The fourth-order valence-electron chi connectivity index (χ4n) is 3.90. The molecule has 0 amide bonds. The number of phosphoric ester groups is 1. The van der Waals surface area contributed by atoms with Gasteiger partial charge < -0.3 is 40.1 Å². The molecule has 5 atom stereocenters. The molecule has 41 heavy (non-hydrogen) atoms. The van der Waals surface area contributed by atoms with Crippen LogP contribution in [0.4, 0.5) is 19.1 Å². The quantitative estimate of drug-likeness (QED) is 0.138. The Balaban J connectivity index is 0.000000587. The number of carboxylic acids is 1. The number of carboxylic acid groups (broad SMARTS) is 1. The lowest BCUT2D eigenvalue weighted by Crippen LogP contribution is -2.46. The first-order valence-corrected chi connectivity index (χ1v) is 13.4. The van der Waals surface area contributed by atoms with Crippen LogP contribution in [0, 0.1) is 0 Å². The zero-order chi connectivity index (χ0) is 30.7. The Kier molecular flexibility index (Phi) is 10.1. The maximum absolute atomic E-state index is 12.7. The van der Waals surface area contributed by atoms with Gasteiger partial charge in [-0.3, -0.25) is 18.9 Å². The number of carbonyl (C=O) groups is 1. The lowest BCUT2D eigenvalue weighted by Gasteiger charge is -2.19. The molecule has 2 aromatic heterocycles. The van der Waals surface area contributed by atoms with E-state index in [2.05, 4.69) is 14.5 Å². The zero-order valence-electron chi connectivity index (χ0n) is 20.6. The number of nitrogens with one attached hydrogen (secondary N) is 1. The summed E-state index contributed by atoms with van der Waals surface area (Å²) in [5, 5.41) is 28.6. The number of ether oxygens (including phenoxy) is 1. The Morgan fingerprint density at radius 1 is 1.29 bits per heavy atom. The van der Waals surface area contributed by atoms with Gasteiger partial charge in [-0.1, -0.05) is 28.7 Å². The van der Waals surface area contributed by atoms with Crippen molar-refractivity contribution in [2.45, 2.75) is 50.1 Å². The number of hydrogen-bond acceptors (Lipinski definition) is 10.